The average molecular weight is 292 g/mol. The highest BCUT2D eigenvalue weighted by atomic mass is 16.5. The van der Waals surface area contributed by atoms with E-state index in [1.54, 1.807) is 18.2 Å². The monoisotopic (exact) mass is 292 g/mol. The number of amides is 1. The number of nitrogens with one attached hydrogen (secondary N) is 1. The lowest BCUT2D eigenvalue weighted by Gasteiger charge is -2.13. The zero-order chi connectivity index (χ0) is 15.7. The van der Waals surface area contributed by atoms with Gasteiger partial charge in [0.05, 0.1) is 5.56 Å². The molecule has 0 unspecified atom stereocenters. The molecule has 1 amide bonds. The van der Waals surface area contributed by atoms with Crippen LogP contribution in [0.15, 0.2) is 24.3 Å². The summed E-state index contributed by atoms with van der Waals surface area (Å²) in [5.41, 5.74) is 1.36. The molecule has 5 heteroatoms. The quantitative estimate of drug-likeness (QED) is 0.589. The van der Waals surface area contributed by atoms with Gasteiger partial charge in [0.1, 0.15) is 0 Å². The minimum Gasteiger partial charge on any atom is -0.452 e. The van der Waals surface area contributed by atoms with Crippen molar-refractivity contribution in [1.82, 2.24) is 5.32 Å². The predicted octanol–water partition coefficient (Wildman–Crippen LogP) is 2.22. The van der Waals surface area contributed by atoms with Crippen molar-refractivity contribution in [3.05, 3.63) is 29.8 Å². The summed E-state index contributed by atoms with van der Waals surface area (Å²) in [6.45, 7) is 2.49. The molecule has 0 aliphatic carbocycles. The highest BCUT2D eigenvalue weighted by Crippen LogP contribution is 2.14. The fourth-order valence-corrected chi connectivity index (χ4v) is 1.78. The normalized spacial score (nSPS) is 10.0. The number of ether oxygens (including phenoxy) is 1. The number of carbonyl (C=O) groups excluding carboxylic acids is 2. The molecular weight excluding hydrogens is 268 g/mol. The van der Waals surface area contributed by atoms with Gasteiger partial charge in [0, 0.05) is 26.3 Å². The van der Waals surface area contributed by atoms with Crippen LogP contribution in [0.1, 0.15) is 36.5 Å². The van der Waals surface area contributed by atoms with E-state index in [1.165, 1.54) is 0 Å². The highest BCUT2D eigenvalue weighted by molar-refractivity contribution is 5.92. The molecule has 5 nitrogen and oxygen atoms in total. The van der Waals surface area contributed by atoms with Crippen LogP contribution >= 0.6 is 0 Å². The first-order valence-corrected chi connectivity index (χ1v) is 7.25. The van der Waals surface area contributed by atoms with E-state index in [1.807, 2.05) is 25.1 Å². The van der Waals surface area contributed by atoms with Crippen LogP contribution in [0.2, 0.25) is 0 Å². The number of esters is 1. The number of anilines is 1. The molecule has 1 aromatic carbocycles. The van der Waals surface area contributed by atoms with Gasteiger partial charge in [-0.05, 0) is 24.6 Å². The lowest BCUT2D eigenvalue weighted by Crippen LogP contribution is -2.29. The van der Waals surface area contributed by atoms with E-state index in [0.29, 0.717) is 12.1 Å². The number of unbranched alkanes of at least 4 members (excludes halogenated alkanes) is 2. The molecule has 1 N–H and O–H groups in total. The van der Waals surface area contributed by atoms with Crippen LogP contribution in [-0.4, -0.2) is 39.1 Å². The zero-order valence-corrected chi connectivity index (χ0v) is 13.0. The molecule has 0 heterocycles. The predicted molar refractivity (Wildman–Crippen MR) is 83.6 cm³/mol. The van der Waals surface area contributed by atoms with Crippen LogP contribution in [0.25, 0.3) is 0 Å². The Morgan fingerprint density at radius 2 is 2.00 bits per heavy atom. The molecule has 0 aromatic heterocycles. The van der Waals surface area contributed by atoms with E-state index in [0.717, 1.165) is 24.9 Å². The van der Waals surface area contributed by atoms with Crippen LogP contribution in [0.4, 0.5) is 5.69 Å². The van der Waals surface area contributed by atoms with E-state index in [9.17, 15) is 9.59 Å². The third kappa shape index (κ3) is 6.29. The molecular formula is C16H24N2O3. The molecule has 116 valence electrons. The van der Waals surface area contributed by atoms with Crippen LogP contribution in [0.3, 0.4) is 0 Å². The smallest absolute Gasteiger partial charge is 0.338 e. The van der Waals surface area contributed by atoms with Crippen molar-refractivity contribution in [2.75, 3.05) is 32.1 Å². The molecule has 1 rings (SSSR count). The standard InChI is InChI=1S/C16H24N2O3/c1-4-5-6-10-17-15(19)12-21-16(20)13-8-7-9-14(11-13)18(2)3/h7-9,11H,4-6,10,12H2,1-3H3,(H,17,19). The van der Waals surface area contributed by atoms with E-state index >= 15 is 0 Å². The van der Waals surface area contributed by atoms with Crippen molar-refractivity contribution in [3.8, 4) is 0 Å². The maximum absolute atomic E-state index is 11.9. The molecule has 0 fully saturated rings. The van der Waals surface area contributed by atoms with Gasteiger partial charge < -0.3 is 15.0 Å². The third-order valence-electron chi connectivity index (χ3n) is 3.04. The van der Waals surface area contributed by atoms with Gasteiger partial charge in [-0.3, -0.25) is 4.79 Å². The molecule has 0 bridgehead atoms. The number of hydrogen-bond donors (Lipinski definition) is 1. The van der Waals surface area contributed by atoms with Gasteiger partial charge >= 0.3 is 5.97 Å². The summed E-state index contributed by atoms with van der Waals surface area (Å²) >= 11 is 0. The fourth-order valence-electron chi connectivity index (χ4n) is 1.78. The topological polar surface area (TPSA) is 58.6 Å². The fraction of sp³-hybridized carbons (Fsp3) is 0.500. The first-order valence-electron chi connectivity index (χ1n) is 7.25. The lowest BCUT2D eigenvalue weighted by atomic mass is 10.2. The van der Waals surface area contributed by atoms with E-state index in [-0.39, 0.29) is 12.5 Å². The second kappa shape index (κ2) is 9.00. The molecule has 0 aliphatic rings. The summed E-state index contributed by atoms with van der Waals surface area (Å²) in [6, 6.07) is 7.10. The Morgan fingerprint density at radius 3 is 2.67 bits per heavy atom. The summed E-state index contributed by atoms with van der Waals surface area (Å²) in [7, 11) is 3.79. The second-order valence-corrected chi connectivity index (χ2v) is 5.08. The molecule has 0 saturated carbocycles. The molecule has 0 saturated heterocycles. The number of benzene rings is 1. The Bertz CT molecular complexity index is 472. The SMILES string of the molecule is CCCCCNC(=O)COC(=O)c1cccc(N(C)C)c1. The molecule has 0 atom stereocenters. The number of carbonyl (C=O) groups is 2. The minimum atomic E-state index is -0.484. The maximum atomic E-state index is 11.9. The Balaban J connectivity index is 2.39. The zero-order valence-electron chi connectivity index (χ0n) is 13.0. The summed E-state index contributed by atoms with van der Waals surface area (Å²) in [6.07, 6.45) is 3.13. The van der Waals surface area contributed by atoms with Gasteiger partial charge in [-0.1, -0.05) is 25.8 Å². The third-order valence-corrected chi connectivity index (χ3v) is 3.04. The van der Waals surface area contributed by atoms with E-state index in [2.05, 4.69) is 12.2 Å². The summed E-state index contributed by atoms with van der Waals surface area (Å²) in [4.78, 5) is 25.3. The van der Waals surface area contributed by atoms with E-state index < -0.39 is 5.97 Å². The van der Waals surface area contributed by atoms with Crippen LogP contribution in [-0.2, 0) is 9.53 Å². The van der Waals surface area contributed by atoms with E-state index in [4.69, 9.17) is 4.74 Å². The van der Waals surface area contributed by atoms with Crippen LogP contribution in [0.5, 0.6) is 0 Å². The van der Waals surface area contributed by atoms with Gasteiger partial charge in [-0.15, -0.1) is 0 Å². The Labute approximate surface area is 126 Å². The van der Waals surface area contributed by atoms with Crippen molar-refractivity contribution in [3.63, 3.8) is 0 Å². The maximum Gasteiger partial charge on any atom is 0.338 e. The van der Waals surface area contributed by atoms with Gasteiger partial charge in [-0.25, -0.2) is 4.79 Å². The Kier molecular flexibility index (Phi) is 7.29. The summed E-state index contributed by atoms with van der Waals surface area (Å²) in [5.74, 6) is -0.745. The summed E-state index contributed by atoms with van der Waals surface area (Å²) in [5, 5.41) is 2.73. The number of nitrogens with zero attached hydrogens (tertiary/aromatic N) is 1. The highest BCUT2D eigenvalue weighted by Gasteiger charge is 2.10. The first kappa shape index (κ1) is 17.0. The van der Waals surface area contributed by atoms with Gasteiger partial charge in [0.15, 0.2) is 6.61 Å². The summed E-state index contributed by atoms with van der Waals surface area (Å²) < 4.78 is 5.01. The lowest BCUT2D eigenvalue weighted by molar-refractivity contribution is -0.124. The molecule has 1 aromatic rings. The van der Waals surface area contributed by atoms with Crippen molar-refractivity contribution in [1.29, 1.82) is 0 Å². The number of hydrogen-bond acceptors (Lipinski definition) is 4. The molecule has 21 heavy (non-hydrogen) atoms. The van der Waals surface area contributed by atoms with Crippen molar-refractivity contribution in [2.45, 2.75) is 26.2 Å². The minimum absolute atomic E-state index is 0.239. The van der Waals surface area contributed by atoms with Crippen molar-refractivity contribution >= 4 is 17.6 Å². The van der Waals surface area contributed by atoms with Gasteiger partial charge in [0.25, 0.3) is 5.91 Å². The Morgan fingerprint density at radius 1 is 1.24 bits per heavy atom. The van der Waals surface area contributed by atoms with Crippen LogP contribution < -0.4 is 10.2 Å². The van der Waals surface area contributed by atoms with Crippen molar-refractivity contribution < 1.29 is 14.3 Å². The first-order chi connectivity index (χ1) is 10.0. The second-order valence-electron chi connectivity index (χ2n) is 5.08. The molecule has 0 aliphatic heterocycles. The Hall–Kier alpha value is -2.04. The molecule has 0 spiro atoms. The van der Waals surface area contributed by atoms with Crippen molar-refractivity contribution in [2.24, 2.45) is 0 Å². The average Bonchev–Trinajstić information content (AvgIpc) is 2.49. The van der Waals surface area contributed by atoms with Crippen LogP contribution in [0, 0.1) is 0 Å². The number of rotatable bonds is 8. The molecule has 0 radical (unpaired) electrons. The van der Waals surface area contributed by atoms with Gasteiger partial charge in [-0.2, -0.15) is 0 Å². The largest absolute Gasteiger partial charge is 0.452 e. The van der Waals surface area contributed by atoms with Gasteiger partial charge in [0.2, 0.25) is 0 Å².